The number of hydrogen-bond donors (Lipinski definition) is 5. The molecule has 4 saturated heterocycles. The highest BCUT2D eigenvalue weighted by molar-refractivity contribution is 5.80. The molecule has 1 saturated carbocycles. The lowest BCUT2D eigenvalue weighted by Crippen LogP contribution is -2.71. The number of fused-ring (bicyclic) bond motifs is 1. The molecule has 0 spiro atoms. The van der Waals surface area contributed by atoms with Crippen molar-refractivity contribution < 1.29 is 39.5 Å². The van der Waals surface area contributed by atoms with E-state index in [0.717, 1.165) is 4.90 Å². The summed E-state index contributed by atoms with van der Waals surface area (Å²) in [5.74, 6) is -2.11. The van der Waals surface area contributed by atoms with E-state index in [9.17, 15) is 39.5 Å². The molecule has 5 rings (SSSR count). The van der Waals surface area contributed by atoms with Crippen LogP contribution in [0, 0.1) is 23.2 Å². The molecule has 5 N–H and O–H groups in total. The van der Waals surface area contributed by atoms with Crippen molar-refractivity contribution in [2.75, 3.05) is 46.8 Å². The summed E-state index contributed by atoms with van der Waals surface area (Å²) in [4.78, 5) is 4.14. The van der Waals surface area contributed by atoms with Gasteiger partial charge in [0.15, 0.2) is 5.96 Å². The second-order valence-electron chi connectivity index (χ2n) is 12.3. The van der Waals surface area contributed by atoms with Crippen LogP contribution in [0.15, 0.2) is 0 Å². The van der Waals surface area contributed by atoms with Crippen molar-refractivity contribution in [1.82, 2.24) is 41.1 Å². The number of nitrogens with zero attached hydrogens (tertiary/aromatic N) is 4. The van der Waals surface area contributed by atoms with Crippen molar-refractivity contribution in [2.45, 2.75) is 80.8 Å². The quantitative estimate of drug-likeness (QED) is 0.298. The van der Waals surface area contributed by atoms with Gasteiger partial charge in [0.2, 0.25) is 0 Å². The number of likely N-dealkylation sites (N-methyl/N-ethyl adjacent to an activating group) is 2. The van der Waals surface area contributed by atoms with Crippen LogP contribution in [0.1, 0.15) is 25.7 Å². The Kier molecular flexibility index (Phi) is 8.63. The van der Waals surface area contributed by atoms with Gasteiger partial charge in [-0.15, -0.1) is 0 Å². The van der Waals surface area contributed by atoms with Crippen molar-refractivity contribution in [3.8, 4) is 0 Å². The lowest BCUT2D eigenvalue weighted by Gasteiger charge is -2.44. The van der Waals surface area contributed by atoms with E-state index >= 15 is 0 Å². The number of rotatable bonds is 5. The highest BCUT2D eigenvalue weighted by atomic mass is 19.4. The topological polar surface area (TPSA) is 84.9 Å². The third-order valence-corrected chi connectivity index (χ3v) is 9.58. The molecule has 0 aromatic rings. The molecular formula is C24H38F9N9. The van der Waals surface area contributed by atoms with Crippen LogP contribution in [0.5, 0.6) is 0 Å². The number of hydrazine groups is 1. The molecule has 9 nitrogen and oxygen atoms in total. The zero-order chi connectivity index (χ0) is 30.8. The summed E-state index contributed by atoms with van der Waals surface area (Å²) in [5.41, 5.74) is 2.70. The molecule has 0 aromatic heterocycles. The molecule has 7 unspecified atom stereocenters. The Morgan fingerprint density at radius 1 is 0.833 bits per heavy atom. The molecule has 0 aromatic carbocycles. The fraction of sp³-hybridized carbons (Fsp3) is 0.958. The maximum absolute atomic E-state index is 13.8. The Morgan fingerprint density at radius 3 is 2.07 bits per heavy atom. The molecule has 1 aliphatic carbocycles. The lowest BCUT2D eigenvalue weighted by molar-refractivity contribution is -0.180. The van der Waals surface area contributed by atoms with Crippen LogP contribution in [-0.2, 0) is 0 Å². The van der Waals surface area contributed by atoms with Crippen LogP contribution in [0.4, 0.5) is 39.5 Å². The monoisotopic (exact) mass is 623 g/mol. The van der Waals surface area contributed by atoms with E-state index in [1.165, 1.54) is 17.0 Å². The summed E-state index contributed by atoms with van der Waals surface area (Å²) in [5, 5.41) is 18.8. The summed E-state index contributed by atoms with van der Waals surface area (Å²) < 4.78 is 122. The molecule has 5 fully saturated rings. The molecule has 242 valence electrons. The maximum Gasteiger partial charge on any atom is 0.406 e. The number of guanidine groups is 1. The van der Waals surface area contributed by atoms with Crippen molar-refractivity contribution in [3.05, 3.63) is 0 Å². The summed E-state index contributed by atoms with van der Waals surface area (Å²) >= 11 is 0. The van der Waals surface area contributed by atoms with Gasteiger partial charge in [-0.3, -0.25) is 31.7 Å². The fourth-order valence-electron chi connectivity index (χ4n) is 7.50. The predicted molar refractivity (Wildman–Crippen MR) is 134 cm³/mol. The van der Waals surface area contributed by atoms with Gasteiger partial charge in [0.25, 0.3) is 0 Å². The van der Waals surface area contributed by atoms with E-state index in [1.807, 2.05) is 0 Å². The minimum atomic E-state index is -4.59. The fourth-order valence-corrected chi connectivity index (χ4v) is 7.50. The van der Waals surface area contributed by atoms with Gasteiger partial charge in [-0.25, -0.2) is 5.01 Å². The number of hydrogen-bond acceptors (Lipinski definition) is 7. The molecule has 7 atom stereocenters. The van der Waals surface area contributed by atoms with Crippen molar-refractivity contribution in [1.29, 1.82) is 5.41 Å². The molecule has 42 heavy (non-hydrogen) atoms. The summed E-state index contributed by atoms with van der Waals surface area (Å²) in [6.07, 6.45) is -13.1. The normalized spacial score (nSPS) is 39.4. The minimum absolute atomic E-state index is 0.0304. The van der Waals surface area contributed by atoms with Crippen LogP contribution < -0.4 is 21.4 Å². The van der Waals surface area contributed by atoms with E-state index in [-0.39, 0.29) is 44.0 Å². The van der Waals surface area contributed by atoms with Crippen molar-refractivity contribution >= 4 is 5.96 Å². The Hall–Kier alpha value is -1.60. The van der Waals surface area contributed by atoms with Crippen LogP contribution in [0.2, 0.25) is 0 Å². The second kappa shape index (κ2) is 11.4. The van der Waals surface area contributed by atoms with E-state index in [2.05, 4.69) is 21.4 Å². The molecule has 0 radical (unpaired) electrons. The average Bonchev–Trinajstić information content (AvgIpc) is 3.54. The highest BCUT2D eigenvalue weighted by Crippen LogP contribution is 2.39. The first-order valence-corrected chi connectivity index (χ1v) is 14.2. The molecule has 4 aliphatic heterocycles. The van der Waals surface area contributed by atoms with Gasteiger partial charge in [-0.05, 0) is 44.6 Å². The molecule has 18 heteroatoms. The third kappa shape index (κ3) is 6.43. The maximum atomic E-state index is 13.8. The first-order valence-electron chi connectivity index (χ1n) is 14.2. The molecule has 0 bridgehead atoms. The highest BCUT2D eigenvalue weighted by Gasteiger charge is 2.56. The van der Waals surface area contributed by atoms with Crippen LogP contribution in [-0.4, -0.2) is 128 Å². The Balaban J connectivity index is 1.27. The van der Waals surface area contributed by atoms with Gasteiger partial charge < -0.3 is 9.80 Å². The number of halogens is 9. The molecular weight excluding hydrogens is 585 g/mol. The molecule has 4 heterocycles. The van der Waals surface area contributed by atoms with Gasteiger partial charge in [0, 0.05) is 33.2 Å². The Morgan fingerprint density at radius 2 is 1.50 bits per heavy atom. The third-order valence-electron chi connectivity index (χ3n) is 9.58. The van der Waals surface area contributed by atoms with Crippen LogP contribution >= 0.6 is 0 Å². The standard InChI is InChI=1S/C24H38F9N9/c1-39-10-16(24(31,32)33)37-19(39)13-5-3-12(4-6-13)9-41-20-15(42(21(41)34)11-22(25,26)27)8-35-18(38-20)17-14(23(28,29)30)7-36-40(17)2/h12-20,34-38H,3-11H2,1-2H3. The van der Waals surface area contributed by atoms with Gasteiger partial charge in [-0.2, -0.15) is 39.5 Å². The zero-order valence-electron chi connectivity index (χ0n) is 23.3. The van der Waals surface area contributed by atoms with Crippen molar-refractivity contribution in [2.24, 2.45) is 17.8 Å². The predicted octanol–water partition coefficient (Wildman–Crippen LogP) is 1.91. The summed E-state index contributed by atoms with van der Waals surface area (Å²) in [7, 11) is 3.14. The first-order chi connectivity index (χ1) is 19.4. The largest absolute Gasteiger partial charge is 0.406 e. The number of alkyl halides is 9. The van der Waals surface area contributed by atoms with E-state index in [1.54, 1.807) is 11.9 Å². The van der Waals surface area contributed by atoms with E-state index in [4.69, 9.17) is 5.41 Å². The Bertz CT molecular complexity index is 969. The zero-order valence-corrected chi connectivity index (χ0v) is 23.3. The van der Waals surface area contributed by atoms with Crippen LogP contribution in [0.3, 0.4) is 0 Å². The van der Waals surface area contributed by atoms with Gasteiger partial charge in [0.05, 0.1) is 30.3 Å². The second-order valence-corrected chi connectivity index (χ2v) is 12.3. The van der Waals surface area contributed by atoms with E-state index < -0.39 is 67.6 Å². The van der Waals surface area contributed by atoms with Gasteiger partial charge in [-0.1, -0.05) is 0 Å². The molecule has 0 amide bonds. The lowest BCUT2D eigenvalue weighted by atomic mass is 9.80. The SMILES string of the molecule is CN1CC(C(F)(F)F)NC1C1CCC(CN2C(=N)N(CC(F)(F)F)C3CNC(C4C(C(F)(F)F)CNN4C)NC32)CC1. The first kappa shape index (κ1) is 31.8. The van der Waals surface area contributed by atoms with Crippen LogP contribution in [0.25, 0.3) is 0 Å². The molecule has 5 aliphatic rings. The van der Waals surface area contributed by atoms with Gasteiger partial charge in [0.1, 0.15) is 18.8 Å². The summed E-state index contributed by atoms with van der Waals surface area (Å²) in [6, 6.07) is -3.49. The number of nitrogens with one attached hydrogen (secondary N) is 5. The van der Waals surface area contributed by atoms with E-state index in [0.29, 0.717) is 25.7 Å². The van der Waals surface area contributed by atoms with Gasteiger partial charge >= 0.3 is 18.5 Å². The smallest absolute Gasteiger partial charge is 0.326 e. The average molecular weight is 624 g/mol. The van der Waals surface area contributed by atoms with Crippen molar-refractivity contribution in [3.63, 3.8) is 0 Å². The Labute approximate surface area is 237 Å². The summed E-state index contributed by atoms with van der Waals surface area (Å²) in [6.45, 7) is -1.64. The minimum Gasteiger partial charge on any atom is -0.326 e.